The van der Waals surface area contributed by atoms with Crippen LogP contribution in [0.1, 0.15) is 29.5 Å². The molecule has 172 valence electrons. The molecule has 3 aromatic rings. The molecule has 4 heterocycles. The van der Waals surface area contributed by atoms with Crippen LogP contribution in [0.2, 0.25) is 0 Å². The molecule has 6 rings (SSSR count). The lowest BCUT2D eigenvalue weighted by atomic mass is 9.81. The third-order valence-corrected chi connectivity index (χ3v) is 7.80. The summed E-state index contributed by atoms with van der Waals surface area (Å²) in [6.07, 6.45) is 4.88. The van der Waals surface area contributed by atoms with Gasteiger partial charge in [-0.1, -0.05) is 23.9 Å². The summed E-state index contributed by atoms with van der Waals surface area (Å²) in [6, 6.07) is 12.3. The van der Waals surface area contributed by atoms with Crippen LogP contribution < -0.4 is 10.5 Å². The lowest BCUT2D eigenvalue weighted by molar-refractivity contribution is 0.164. The molecule has 1 atom stereocenters. The topological polar surface area (TPSA) is 69.7 Å². The summed E-state index contributed by atoms with van der Waals surface area (Å²) in [6.45, 7) is 1.58. The highest BCUT2D eigenvalue weighted by Crippen LogP contribution is 2.58. The minimum Gasteiger partial charge on any atom is -0.454 e. The summed E-state index contributed by atoms with van der Waals surface area (Å²) in [7, 11) is 0. The van der Waals surface area contributed by atoms with Crippen LogP contribution >= 0.6 is 11.8 Å². The summed E-state index contributed by atoms with van der Waals surface area (Å²) in [4.78, 5) is 8.16. The molecule has 2 N–H and O–H groups in total. The molecule has 0 aliphatic carbocycles. The highest BCUT2D eigenvalue weighted by Gasteiger charge is 2.46. The third kappa shape index (κ3) is 3.40. The number of aromatic nitrogens is 1. The van der Waals surface area contributed by atoms with Crippen LogP contribution in [0.3, 0.4) is 0 Å². The van der Waals surface area contributed by atoms with E-state index in [1.807, 2.05) is 12.1 Å². The molecular formula is C26H21F2N3O2S. The van der Waals surface area contributed by atoms with Gasteiger partial charge in [0, 0.05) is 29.4 Å². The van der Waals surface area contributed by atoms with E-state index in [4.69, 9.17) is 15.2 Å². The molecule has 0 saturated carbocycles. The van der Waals surface area contributed by atoms with Crippen molar-refractivity contribution in [2.75, 3.05) is 19.8 Å². The summed E-state index contributed by atoms with van der Waals surface area (Å²) < 4.78 is 41.0. The first-order valence-corrected chi connectivity index (χ1v) is 11.9. The van der Waals surface area contributed by atoms with E-state index in [2.05, 4.69) is 16.1 Å². The predicted octanol–water partition coefficient (Wildman–Crippen LogP) is 5.63. The number of nitrogens with zero attached hydrogens (tertiary/aromatic N) is 2. The Kier molecular flexibility index (Phi) is 5.15. The van der Waals surface area contributed by atoms with Gasteiger partial charge in [-0.25, -0.2) is 9.37 Å². The number of aliphatic imine (C=N–C) groups is 1. The molecule has 0 bridgehead atoms. The summed E-state index contributed by atoms with van der Waals surface area (Å²) in [5.41, 5.74) is 10.5. The second-order valence-electron chi connectivity index (χ2n) is 8.46. The van der Waals surface area contributed by atoms with E-state index in [1.54, 1.807) is 24.3 Å². The number of ether oxygens (including phenoxy) is 2. The van der Waals surface area contributed by atoms with Gasteiger partial charge in [0.25, 0.3) is 0 Å². The van der Waals surface area contributed by atoms with E-state index in [0.717, 1.165) is 23.1 Å². The van der Waals surface area contributed by atoms with E-state index in [0.29, 0.717) is 53.8 Å². The second-order valence-corrected chi connectivity index (χ2v) is 9.78. The van der Waals surface area contributed by atoms with Gasteiger partial charge in [0.1, 0.15) is 5.75 Å². The summed E-state index contributed by atoms with van der Waals surface area (Å²) in [5.74, 6) is -0.276. The van der Waals surface area contributed by atoms with Gasteiger partial charge >= 0.3 is 0 Å². The monoisotopic (exact) mass is 477 g/mol. The van der Waals surface area contributed by atoms with Gasteiger partial charge in [-0.15, -0.1) is 0 Å². The molecule has 1 spiro atoms. The van der Waals surface area contributed by atoms with E-state index >= 15 is 4.39 Å². The van der Waals surface area contributed by atoms with Crippen molar-refractivity contribution in [3.63, 3.8) is 0 Å². The largest absolute Gasteiger partial charge is 0.454 e. The zero-order chi connectivity index (χ0) is 23.3. The van der Waals surface area contributed by atoms with Gasteiger partial charge in [0.05, 0.1) is 18.0 Å². The van der Waals surface area contributed by atoms with Crippen LogP contribution in [0.4, 0.5) is 8.78 Å². The Labute approximate surface area is 199 Å². The first kappa shape index (κ1) is 21.3. The molecule has 0 fully saturated rings. The Bertz CT molecular complexity index is 1370. The Morgan fingerprint density at radius 1 is 1.06 bits per heavy atom. The smallest absolute Gasteiger partial charge is 0.220 e. The molecule has 0 radical (unpaired) electrons. The standard InChI is InChI=1S/C26H21F2N3O2S/c27-21-13-17(16-3-2-10-32-14-16)12-20-23(21)33-22-6-5-15(18-4-1-8-30-24(18)28)11-19(22)26(20)7-9-31-25(29)34-26/h1,3-6,8,11-13H,2,7,9-10,14H2,(H2,29,31). The van der Waals surface area contributed by atoms with Gasteiger partial charge in [-0.2, -0.15) is 4.39 Å². The molecule has 1 aromatic heterocycles. The van der Waals surface area contributed by atoms with Crippen molar-refractivity contribution in [1.29, 1.82) is 0 Å². The second kappa shape index (κ2) is 8.21. The maximum absolute atomic E-state index is 15.5. The molecule has 1 unspecified atom stereocenters. The number of rotatable bonds is 2. The number of benzene rings is 2. The zero-order valence-electron chi connectivity index (χ0n) is 18.2. The quantitative estimate of drug-likeness (QED) is 0.485. The van der Waals surface area contributed by atoms with Crippen LogP contribution in [0.5, 0.6) is 11.5 Å². The van der Waals surface area contributed by atoms with Crippen molar-refractivity contribution >= 4 is 22.5 Å². The first-order chi connectivity index (χ1) is 16.5. The van der Waals surface area contributed by atoms with Crippen LogP contribution in [-0.2, 0) is 9.48 Å². The molecule has 8 heteroatoms. The van der Waals surface area contributed by atoms with Gasteiger partial charge in [-0.3, -0.25) is 4.99 Å². The minimum absolute atomic E-state index is 0.191. The Hall–Kier alpha value is -3.23. The maximum Gasteiger partial charge on any atom is 0.220 e. The molecule has 0 saturated heterocycles. The zero-order valence-corrected chi connectivity index (χ0v) is 19.0. The molecule has 3 aliphatic rings. The van der Waals surface area contributed by atoms with Crippen LogP contribution in [0.25, 0.3) is 16.7 Å². The molecule has 0 amide bonds. The number of pyridine rings is 1. The third-order valence-electron chi connectivity index (χ3n) is 6.47. The van der Waals surface area contributed by atoms with Crippen molar-refractivity contribution in [3.8, 4) is 22.6 Å². The normalized spacial score (nSPS) is 21.2. The number of amidine groups is 1. The van der Waals surface area contributed by atoms with Gasteiger partial charge in [0.2, 0.25) is 5.95 Å². The fourth-order valence-corrected chi connectivity index (χ4v) is 6.10. The molecule has 34 heavy (non-hydrogen) atoms. The average molecular weight is 478 g/mol. The first-order valence-electron chi connectivity index (χ1n) is 11.1. The Morgan fingerprint density at radius 2 is 1.94 bits per heavy atom. The summed E-state index contributed by atoms with van der Waals surface area (Å²) >= 11 is 1.39. The molecule has 5 nitrogen and oxygen atoms in total. The number of halogens is 2. The summed E-state index contributed by atoms with van der Waals surface area (Å²) in [5, 5.41) is 0.425. The highest BCUT2D eigenvalue weighted by atomic mass is 32.2. The van der Waals surface area contributed by atoms with Crippen molar-refractivity contribution in [3.05, 3.63) is 83.2 Å². The van der Waals surface area contributed by atoms with Gasteiger partial charge in [0.15, 0.2) is 16.7 Å². The van der Waals surface area contributed by atoms with Crippen molar-refractivity contribution in [1.82, 2.24) is 4.98 Å². The fraction of sp³-hybridized carbons (Fsp3) is 0.231. The van der Waals surface area contributed by atoms with Gasteiger partial charge in [-0.05, 0) is 65.9 Å². The molecule has 3 aliphatic heterocycles. The minimum atomic E-state index is -0.726. The number of fused-ring (bicyclic) bond motifs is 4. The van der Waals surface area contributed by atoms with Gasteiger partial charge < -0.3 is 15.2 Å². The van der Waals surface area contributed by atoms with E-state index in [1.165, 1.54) is 24.0 Å². The molecule has 2 aromatic carbocycles. The highest BCUT2D eigenvalue weighted by molar-refractivity contribution is 8.14. The van der Waals surface area contributed by atoms with Crippen LogP contribution in [0, 0.1) is 11.8 Å². The van der Waals surface area contributed by atoms with Crippen molar-refractivity contribution < 1.29 is 18.3 Å². The Balaban J connectivity index is 1.57. The number of nitrogens with two attached hydrogens (primary N) is 1. The molecular weight excluding hydrogens is 456 g/mol. The van der Waals surface area contributed by atoms with E-state index in [-0.39, 0.29) is 5.75 Å². The van der Waals surface area contributed by atoms with Crippen LogP contribution in [-0.4, -0.2) is 29.9 Å². The average Bonchev–Trinajstić information content (AvgIpc) is 2.86. The van der Waals surface area contributed by atoms with E-state index < -0.39 is 16.5 Å². The number of hydrogen-bond donors (Lipinski definition) is 1. The van der Waals surface area contributed by atoms with Crippen LogP contribution in [0.15, 0.2) is 59.7 Å². The maximum atomic E-state index is 15.5. The lowest BCUT2D eigenvalue weighted by Gasteiger charge is -2.41. The number of thioether (sulfide) groups is 1. The Morgan fingerprint density at radius 3 is 2.74 bits per heavy atom. The number of hydrogen-bond acceptors (Lipinski definition) is 6. The fourth-order valence-electron chi connectivity index (χ4n) is 4.86. The van der Waals surface area contributed by atoms with E-state index in [9.17, 15) is 4.39 Å². The predicted molar refractivity (Wildman–Crippen MR) is 129 cm³/mol. The van der Waals surface area contributed by atoms with Crippen molar-refractivity contribution in [2.45, 2.75) is 17.6 Å². The SMILES string of the molecule is NC1=NCCC2(S1)c1cc(-c3cccnc3F)ccc1Oc1c(F)cc(C3=CCCOC3)cc12. The van der Waals surface area contributed by atoms with Crippen molar-refractivity contribution in [2.24, 2.45) is 10.7 Å². The lowest BCUT2D eigenvalue weighted by Crippen LogP contribution is -2.35.